The quantitative estimate of drug-likeness (QED) is 0.231. The number of unbranched alkanes of at least 4 members (excludes halogenated alkanes) is 8. The van der Waals surface area contributed by atoms with E-state index in [-0.39, 0.29) is 23.4 Å². The fourth-order valence-electron chi connectivity index (χ4n) is 5.03. The van der Waals surface area contributed by atoms with E-state index < -0.39 is 5.82 Å². The molecule has 1 aliphatic heterocycles. The summed E-state index contributed by atoms with van der Waals surface area (Å²) in [5.41, 5.74) is 2.46. The molecule has 208 valence electrons. The Balaban J connectivity index is 1.30. The molecule has 0 radical (unpaired) electrons. The molecule has 38 heavy (non-hydrogen) atoms. The van der Waals surface area contributed by atoms with Crippen LogP contribution in [0.15, 0.2) is 48.5 Å². The Morgan fingerprint density at radius 3 is 2.29 bits per heavy atom. The van der Waals surface area contributed by atoms with E-state index >= 15 is 0 Å². The van der Waals surface area contributed by atoms with Crippen LogP contribution in [0.1, 0.15) is 99.0 Å². The number of carbonyl (C=O) groups excluding carboxylic acids is 2. The smallest absolute Gasteiger partial charge is 0.257 e. The highest BCUT2D eigenvalue weighted by molar-refractivity contribution is 5.94. The zero-order valence-corrected chi connectivity index (χ0v) is 23.1. The molecule has 3 rings (SSSR count). The van der Waals surface area contributed by atoms with Gasteiger partial charge in [-0.05, 0) is 48.9 Å². The van der Waals surface area contributed by atoms with E-state index in [1.54, 1.807) is 23.1 Å². The van der Waals surface area contributed by atoms with Gasteiger partial charge >= 0.3 is 0 Å². The highest BCUT2D eigenvalue weighted by Gasteiger charge is 2.31. The maximum Gasteiger partial charge on any atom is 0.257 e. The van der Waals surface area contributed by atoms with Crippen LogP contribution in [0.2, 0.25) is 0 Å². The number of amides is 2. The zero-order chi connectivity index (χ0) is 27.0. The second-order valence-electron chi connectivity index (χ2n) is 10.4. The molecular formula is C32H45FN2O3. The number of nitrogens with one attached hydrogen (secondary N) is 1. The first kappa shape index (κ1) is 29.8. The third-order valence-corrected chi connectivity index (χ3v) is 7.33. The molecule has 2 aromatic carbocycles. The highest BCUT2D eigenvalue weighted by atomic mass is 19.1. The average molecular weight is 525 g/mol. The Hall–Kier alpha value is -2.73. The maximum atomic E-state index is 14.3. The second-order valence-corrected chi connectivity index (χ2v) is 10.4. The van der Waals surface area contributed by atoms with E-state index in [1.165, 1.54) is 37.3 Å². The summed E-state index contributed by atoms with van der Waals surface area (Å²) >= 11 is 0. The summed E-state index contributed by atoms with van der Waals surface area (Å²) in [5, 5.41) is 2.98. The Bertz CT molecular complexity index is 996. The number of benzene rings is 2. The van der Waals surface area contributed by atoms with E-state index in [2.05, 4.69) is 18.3 Å². The minimum Gasteiger partial charge on any atom is -0.379 e. The Morgan fingerprint density at radius 1 is 0.895 bits per heavy atom. The van der Waals surface area contributed by atoms with Crippen molar-refractivity contribution in [2.75, 3.05) is 19.8 Å². The molecule has 6 heteroatoms. The number of hydrogen-bond acceptors (Lipinski definition) is 3. The lowest BCUT2D eigenvalue weighted by Gasteiger charge is -2.37. The first-order chi connectivity index (χ1) is 18.6. The molecule has 2 amide bonds. The number of fused-ring (bicyclic) bond motifs is 1. The molecule has 1 N–H and O–H groups in total. The standard InChI is InChI=1S/C32H45FN2O3/c1-2-3-21-34-31(36)20-10-8-6-4-5-7-9-15-22-38-25-28-23-26-16-11-12-17-27(26)24-35(28)32(37)29-18-13-14-19-30(29)33/h11-14,16-19,28H,2-10,15,20-25H2,1H3,(H,34,36)/t28-/m0/s1. The molecule has 0 fully saturated rings. The lowest BCUT2D eigenvalue weighted by molar-refractivity contribution is -0.121. The molecule has 1 heterocycles. The van der Waals surface area contributed by atoms with E-state index in [1.807, 2.05) is 18.2 Å². The van der Waals surface area contributed by atoms with Gasteiger partial charge in [0.2, 0.25) is 5.91 Å². The molecule has 0 aliphatic carbocycles. The lowest BCUT2D eigenvalue weighted by Crippen LogP contribution is -2.47. The number of nitrogens with zero attached hydrogens (tertiary/aromatic N) is 1. The predicted octanol–water partition coefficient (Wildman–Crippen LogP) is 6.84. The molecule has 5 nitrogen and oxygen atoms in total. The van der Waals surface area contributed by atoms with E-state index in [9.17, 15) is 14.0 Å². The van der Waals surface area contributed by atoms with Crippen molar-refractivity contribution in [1.29, 1.82) is 0 Å². The minimum atomic E-state index is -0.482. The molecule has 1 atom stereocenters. The van der Waals surface area contributed by atoms with Gasteiger partial charge in [0.25, 0.3) is 5.91 Å². The van der Waals surface area contributed by atoms with Crippen LogP contribution in [0.25, 0.3) is 0 Å². The van der Waals surface area contributed by atoms with Gasteiger partial charge in [0.05, 0.1) is 18.2 Å². The summed E-state index contributed by atoms with van der Waals surface area (Å²) in [6, 6.07) is 14.3. The van der Waals surface area contributed by atoms with Gasteiger partial charge in [-0.2, -0.15) is 0 Å². The normalized spacial score (nSPS) is 14.8. The van der Waals surface area contributed by atoms with Gasteiger partial charge in [0.15, 0.2) is 0 Å². The van der Waals surface area contributed by atoms with Gasteiger partial charge < -0.3 is 15.0 Å². The van der Waals surface area contributed by atoms with Crippen molar-refractivity contribution in [2.24, 2.45) is 0 Å². The minimum absolute atomic E-state index is 0.106. The van der Waals surface area contributed by atoms with Crippen LogP contribution in [0.5, 0.6) is 0 Å². The zero-order valence-electron chi connectivity index (χ0n) is 23.1. The molecule has 0 spiro atoms. The number of hydrogen-bond donors (Lipinski definition) is 1. The number of carbonyl (C=O) groups is 2. The topological polar surface area (TPSA) is 58.6 Å². The molecule has 0 aromatic heterocycles. The second kappa shape index (κ2) is 17.0. The molecule has 1 aliphatic rings. The van der Waals surface area contributed by atoms with Crippen LogP contribution < -0.4 is 5.32 Å². The van der Waals surface area contributed by atoms with Crippen molar-refractivity contribution in [3.63, 3.8) is 0 Å². The van der Waals surface area contributed by atoms with Crippen molar-refractivity contribution >= 4 is 11.8 Å². The van der Waals surface area contributed by atoms with Crippen LogP contribution >= 0.6 is 0 Å². The summed E-state index contributed by atoms with van der Waals surface area (Å²) in [6.07, 6.45) is 12.6. The lowest BCUT2D eigenvalue weighted by atomic mass is 9.93. The largest absolute Gasteiger partial charge is 0.379 e. The predicted molar refractivity (Wildman–Crippen MR) is 150 cm³/mol. The Morgan fingerprint density at radius 2 is 1.55 bits per heavy atom. The third-order valence-electron chi connectivity index (χ3n) is 7.33. The van der Waals surface area contributed by atoms with Crippen LogP contribution in [0.4, 0.5) is 4.39 Å². The molecule has 0 unspecified atom stereocenters. The van der Waals surface area contributed by atoms with Crippen molar-refractivity contribution < 1.29 is 18.7 Å². The SMILES string of the molecule is CCCCNC(=O)CCCCCCCCCCOC[C@@H]1Cc2ccccc2CN1C(=O)c1ccccc1F. The number of ether oxygens (including phenoxy) is 1. The van der Waals surface area contributed by atoms with Gasteiger partial charge in [-0.3, -0.25) is 9.59 Å². The Labute approximate surface area is 228 Å². The van der Waals surface area contributed by atoms with E-state index in [4.69, 9.17) is 4.74 Å². The first-order valence-corrected chi connectivity index (χ1v) is 14.6. The number of halogens is 1. The van der Waals surface area contributed by atoms with Crippen molar-refractivity contribution in [2.45, 2.75) is 96.6 Å². The molecule has 0 saturated carbocycles. The third kappa shape index (κ3) is 9.86. The van der Waals surface area contributed by atoms with Gasteiger partial charge in [-0.1, -0.05) is 88.3 Å². The summed E-state index contributed by atoms with van der Waals surface area (Å²) in [5.74, 6) is -0.567. The van der Waals surface area contributed by atoms with Crippen molar-refractivity contribution in [1.82, 2.24) is 10.2 Å². The van der Waals surface area contributed by atoms with Gasteiger partial charge in [0.1, 0.15) is 5.82 Å². The first-order valence-electron chi connectivity index (χ1n) is 14.6. The van der Waals surface area contributed by atoms with Crippen molar-refractivity contribution in [3.05, 3.63) is 71.0 Å². The maximum absolute atomic E-state index is 14.3. The fraction of sp³-hybridized carbons (Fsp3) is 0.562. The van der Waals surface area contributed by atoms with Gasteiger partial charge in [-0.25, -0.2) is 4.39 Å². The summed E-state index contributed by atoms with van der Waals surface area (Å²) in [7, 11) is 0. The van der Waals surface area contributed by atoms with E-state index in [0.29, 0.717) is 26.2 Å². The number of rotatable bonds is 17. The summed E-state index contributed by atoms with van der Waals surface area (Å²) in [4.78, 5) is 26.7. The van der Waals surface area contributed by atoms with Crippen LogP contribution in [-0.2, 0) is 22.5 Å². The van der Waals surface area contributed by atoms with Crippen molar-refractivity contribution in [3.8, 4) is 0 Å². The van der Waals surface area contributed by atoms with Gasteiger partial charge in [0, 0.05) is 26.1 Å². The van der Waals surface area contributed by atoms with Crippen LogP contribution in [0, 0.1) is 5.82 Å². The summed E-state index contributed by atoms with van der Waals surface area (Å²) < 4.78 is 20.4. The molecule has 0 saturated heterocycles. The van der Waals surface area contributed by atoms with Crippen LogP contribution in [-0.4, -0.2) is 42.5 Å². The fourth-order valence-corrected chi connectivity index (χ4v) is 5.03. The highest BCUT2D eigenvalue weighted by Crippen LogP contribution is 2.26. The van der Waals surface area contributed by atoms with Gasteiger partial charge in [-0.15, -0.1) is 0 Å². The van der Waals surface area contributed by atoms with Crippen LogP contribution in [0.3, 0.4) is 0 Å². The molecule has 0 bridgehead atoms. The monoisotopic (exact) mass is 524 g/mol. The Kier molecular flexibility index (Phi) is 13.3. The van der Waals surface area contributed by atoms with E-state index in [0.717, 1.165) is 57.1 Å². The molecule has 2 aromatic rings. The molecular weight excluding hydrogens is 479 g/mol. The average Bonchev–Trinajstić information content (AvgIpc) is 2.93. The summed E-state index contributed by atoms with van der Waals surface area (Å²) in [6.45, 7) is 4.54.